The molecule has 3 aromatic carbocycles. The van der Waals surface area contributed by atoms with E-state index >= 15 is 8.78 Å². The largest absolute Gasteiger partial charge is 0.492 e. The second-order valence-electron chi connectivity index (χ2n) is 16.9. The van der Waals surface area contributed by atoms with Gasteiger partial charge in [-0.1, -0.05) is 62.6 Å². The van der Waals surface area contributed by atoms with Crippen molar-refractivity contribution < 1.29 is 37.7 Å². The zero-order valence-electron chi connectivity index (χ0n) is 32.0. The molecular weight excluding hydrogens is 798 g/mol. The van der Waals surface area contributed by atoms with Crippen LogP contribution in [-0.4, -0.2) is 75.9 Å². The average Bonchev–Trinajstić information content (AvgIpc) is 3.87. The first-order valence-corrected chi connectivity index (χ1v) is 21.9. The molecule has 310 valence electrons. The molecule has 0 spiro atoms. The fourth-order valence-corrected chi connectivity index (χ4v) is 11.4. The number of anilines is 1. The van der Waals surface area contributed by atoms with Crippen molar-refractivity contribution in [2.75, 3.05) is 31.2 Å². The summed E-state index contributed by atoms with van der Waals surface area (Å²) < 4.78 is 112. The topological polar surface area (TPSA) is 75.6 Å². The smallest absolute Gasteiger partial charge is 0.319 e. The predicted octanol–water partition coefficient (Wildman–Crippen LogP) is 9.72. The number of ether oxygens (including phenoxy) is 2. The Balaban J connectivity index is 1.01. The average molecular weight is 839 g/mol. The number of benzene rings is 3. The van der Waals surface area contributed by atoms with Crippen LogP contribution >= 0.6 is 10.2 Å². The third kappa shape index (κ3) is 6.42. The van der Waals surface area contributed by atoms with Gasteiger partial charge in [0.2, 0.25) is 0 Å². The summed E-state index contributed by atoms with van der Waals surface area (Å²) in [5.41, 5.74) is 0.576. The molecule has 8 nitrogen and oxygen atoms in total. The van der Waals surface area contributed by atoms with Crippen LogP contribution in [-0.2, 0) is 6.42 Å². The monoisotopic (exact) mass is 838 g/mol. The third-order valence-corrected chi connectivity index (χ3v) is 14.4. The molecule has 59 heavy (non-hydrogen) atoms. The number of nitrogens with zero attached hydrogens (tertiary/aromatic N) is 5. The van der Waals surface area contributed by atoms with Gasteiger partial charge in [-0.05, 0) is 81.0 Å². The number of aromatic nitrogens is 3. The van der Waals surface area contributed by atoms with Gasteiger partial charge in [0.25, 0.3) is 0 Å². The van der Waals surface area contributed by atoms with Crippen molar-refractivity contribution in [1.29, 1.82) is 0 Å². The minimum Gasteiger partial charge on any atom is -0.492 e. The van der Waals surface area contributed by atoms with Crippen LogP contribution in [0.2, 0.25) is 0 Å². The summed E-state index contributed by atoms with van der Waals surface area (Å²) in [5.74, 6) is 1.54. The molecule has 0 radical (unpaired) electrons. The van der Waals surface area contributed by atoms with Crippen molar-refractivity contribution >= 4 is 37.7 Å². The molecule has 5 aliphatic heterocycles. The van der Waals surface area contributed by atoms with Crippen LogP contribution in [0.15, 0.2) is 59.5 Å². The van der Waals surface area contributed by atoms with E-state index in [9.17, 15) is 19.4 Å². The summed E-state index contributed by atoms with van der Waals surface area (Å²) in [6.07, 6.45) is 11.2. The van der Waals surface area contributed by atoms with Crippen molar-refractivity contribution in [1.82, 2.24) is 25.2 Å². The Morgan fingerprint density at radius 2 is 1.78 bits per heavy atom. The summed E-state index contributed by atoms with van der Waals surface area (Å²) in [7, 11) is -9.88. The number of fused-ring (bicyclic) bond motifs is 7. The van der Waals surface area contributed by atoms with Crippen molar-refractivity contribution in [3.8, 4) is 35.4 Å². The molecule has 0 amide bonds. The van der Waals surface area contributed by atoms with Crippen LogP contribution in [0.3, 0.4) is 0 Å². The van der Waals surface area contributed by atoms with Crippen molar-refractivity contribution in [2.45, 2.75) is 86.5 Å². The molecule has 0 saturated carbocycles. The van der Waals surface area contributed by atoms with E-state index in [-0.39, 0.29) is 71.8 Å². The van der Waals surface area contributed by atoms with Gasteiger partial charge < -0.3 is 19.7 Å². The van der Waals surface area contributed by atoms with E-state index in [2.05, 4.69) is 28.0 Å². The fourth-order valence-electron chi connectivity index (χ4n) is 10.7. The van der Waals surface area contributed by atoms with Gasteiger partial charge in [0, 0.05) is 47.7 Å². The van der Waals surface area contributed by atoms with Crippen LogP contribution in [0.25, 0.3) is 32.9 Å². The molecule has 7 heterocycles. The Morgan fingerprint density at radius 1 is 0.949 bits per heavy atom. The molecule has 5 aliphatic rings. The number of hydrogen-bond donors (Lipinski definition) is 1. The lowest BCUT2D eigenvalue weighted by atomic mass is 9.89. The maximum absolute atomic E-state index is 17.4. The van der Waals surface area contributed by atoms with Gasteiger partial charge in [-0.3, -0.25) is 4.90 Å². The van der Waals surface area contributed by atoms with Crippen LogP contribution < -0.4 is 19.7 Å². The normalized spacial score (nSPS) is 27.5. The molecule has 1 N–H and O–H groups in total. The molecule has 2 bridgehead atoms. The molecular formula is C43H41F7N6O2S. The summed E-state index contributed by atoms with van der Waals surface area (Å²) in [4.78, 5) is 17.3. The van der Waals surface area contributed by atoms with Gasteiger partial charge in [0.05, 0.1) is 22.2 Å². The number of hydrogen-bond acceptors (Lipinski definition) is 8. The SMILES string of the molecule is C#Cc1c(F)ccc2cccc(-c3nc4c5c(nc(OC[C@@]67CCCN6[C@H](COc6cccc(S(F)(F)(F)(F)F)c6)CC7)nc5c3F)N3C[C@H]5CC[C@H](N5)C3[C@@H](C)C4)c12. The van der Waals surface area contributed by atoms with E-state index in [0.717, 1.165) is 31.7 Å². The Labute approximate surface area is 336 Å². The summed E-state index contributed by atoms with van der Waals surface area (Å²) >= 11 is 0. The molecule has 4 fully saturated rings. The fraction of sp³-hybridized carbons (Fsp3) is 0.419. The Bertz CT molecular complexity index is 2610. The van der Waals surface area contributed by atoms with Gasteiger partial charge in [0.15, 0.2) is 5.82 Å². The highest BCUT2D eigenvalue weighted by Gasteiger charge is 2.65. The molecule has 5 aromatic rings. The van der Waals surface area contributed by atoms with Crippen molar-refractivity contribution in [2.24, 2.45) is 5.92 Å². The number of terminal acetylenes is 1. The van der Waals surface area contributed by atoms with Crippen molar-refractivity contribution in [3.63, 3.8) is 0 Å². The maximum Gasteiger partial charge on any atom is 0.319 e. The number of piperazine rings is 1. The zero-order chi connectivity index (χ0) is 41.1. The summed E-state index contributed by atoms with van der Waals surface area (Å²) in [5, 5.41) is 5.31. The van der Waals surface area contributed by atoms with E-state index in [4.69, 9.17) is 30.8 Å². The van der Waals surface area contributed by atoms with E-state index in [1.165, 1.54) is 12.1 Å². The van der Waals surface area contributed by atoms with E-state index in [1.807, 2.05) is 0 Å². The van der Waals surface area contributed by atoms with Crippen LogP contribution in [0.4, 0.5) is 34.0 Å². The van der Waals surface area contributed by atoms with E-state index in [0.29, 0.717) is 77.7 Å². The van der Waals surface area contributed by atoms with Crippen molar-refractivity contribution in [3.05, 3.63) is 77.5 Å². The molecule has 0 aliphatic carbocycles. The lowest BCUT2D eigenvalue weighted by Crippen LogP contribution is -2.60. The van der Waals surface area contributed by atoms with E-state index < -0.39 is 32.3 Å². The second-order valence-corrected chi connectivity index (χ2v) is 19.3. The summed E-state index contributed by atoms with van der Waals surface area (Å²) in [6, 6.07) is 11.3. The highest BCUT2D eigenvalue weighted by Crippen LogP contribution is 3.02. The zero-order valence-corrected chi connectivity index (χ0v) is 32.9. The van der Waals surface area contributed by atoms with E-state index in [1.54, 1.807) is 24.3 Å². The maximum atomic E-state index is 17.4. The first-order chi connectivity index (χ1) is 28.0. The third-order valence-electron chi connectivity index (χ3n) is 13.2. The Kier molecular flexibility index (Phi) is 8.34. The lowest BCUT2D eigenvalue weighted by Gasteiger charge is -2.43. The molecule has 6 atom stereocenters. The molecule has 16 heteroatoms. The predicted molar refractivity (Wildman–Crippen MR) is 213 cm³/mol. The van der Waals surface area contributed by atoms with Crippen LogP contribution in [0.1, 0.15) is 56.7 Å². The summed E-state index contributed by atoms with van der Waals surface area (Å²) in [6.45, 7) is 3.66. The quantitative estimate of drug-likeness (QED) is 0.122. The van der Waals surface area contributed by atoms with Crippen LogP contribution in [0.5, 0.6) is 11.8 Å². The molecule has 4 saturated heterocycles. The van der Waals surface area contributed by atoms with Gasteiger partial charge >= 0.3 is 16.2 Å². The minimum atomic E-state index is -9.88. The van der Waals surface area contributed by atoms with Crippen LogP contribution in [0, 0.1) is 29.9 Å². The standard InChI is InChI=1S/C43H41F7N6O2S/c1-3-30-32(44)13-11-25-7-4-10-31(35(25)30)38-37(45)39-36-34(52-38)19-24(2)40-33-14-12-26(51-33)21-55(40)41(36)54-42(53-39)58-23-43-16-6-18-56(43)27(15-17-43)22-57-28-8-5-9-29(20-28)59(46,47,48,49)50/h1,4-5,7-11,13,20,24,26-27,33,40,51H,6,12,14-19,21-23H2,2H3/t24-,26+,27-,33-,40?,43-/m0/s1. The highest BCUT2D eigenvalue weighted by atomic mass is 32.5. The molecule has 10 rings (SSSR count). The Hall–Kier alpha value is -4.85. The first kappa shape index (κ1) is 38.4. The minimum absolute atomic E-state index is 0.00370. The number of nitrogens with one attached hydrogen (secondary N) is 1. The number of halogens is 7. The molecule has 2 aromatic heterocycles. The highest BCUT2D eigenvalue weighted by molar-refractivity contribution is 8.45. The number of rotatable bonds is 8. The van der Waals surface area contributed by atoms with Gasteiger partial charge in [-0.15, -0.1) is 6.42 Å². The molecule has 1 unspecified atom stereocenters. The number of pyridine rings is 1. The van der Waals surface area contributed by atoms with Gasteiger partial charge in [-0.25, -0.2) is 13.8 Å². The van der Waals surface area contributed by atoms with Gasteiger partial charge in [-0.2, -0.15) is 9.97 Å². The lowest BCUT2D eigenvalue weighted by molar-refractivity contribution is 0.0686. The second kappa shape index (κ2) is 12.8. The van der Waals surface area contributed by atoms with Gasteiger partial charge in [0.1, 0.15) is 46.7 Å². The first-order valence-electron chi connectivity index (χ1n) is 20.0. The Morgan fingerprint density at radius 3 is 2.59 bits per heavy atom.